The van der Waals surface area contributed by atoms with Gasteiger partial charge in [0.1, 0.15) is 5.60 Å². The Labute approximate surface area is 166 Å². The largest absolute Gasteiger partial charge is 0.444 e. The minimum absolute atomic E-state index is 0.398. The van der Waals surface area contributed by atoms with Crippen molar-refractivity contribution in [1.29, 1.82) is 0 Å². The van der Waals surface area contributed by atoms with Crippen molar-refractivity contribution in [3.8, 4) is 11.1 Å². The molecule has 0 radical (unpaired) electrons. The van der Waals surface area contributed by atoms with Crippen molar-refractivity contribution in [3.63, 3.8) is 0 Å². The number of pyridine rings is 1. The molecule has 0 aliphatic heterocycles. The first-order valence-corrected chi connectivity index (χ1v) is 9.72. The minimum atomic E-state index is -0.505. The van der Waals surface area contributed by atoms with E-state index < -0.39 is 11.7 Å². The monoisotopic (exact) mass is 379 g/mol. The molecule has 2 aromatic heterocycles. The lowest BCUT2D eigenvalue weighted by atomic mass is 10.0. The number of amides is 1. The fourth-order valence-corrected chi connectivity index (χ4v) is 3.26. The van der Waals surface area contributed by atoms with E-state index in [2.05, 4.69) is 53.1 Å². The number of alkyl carbamates (subject to hydrolysis) is 1. The van der Waals surface area contributed by atoms with Gasteiger partial charge in [0, 0.05) is 42.6 Å². The number of nitrogens with zero attached hydrogens (tertiary/aromatic N) is 2. The van der Waals surface area contributed by atoms with Gasteiger partial charge in [-0.15, -0.1) is 0 Å². The van der Waals surface area contributed by atoms with Gasteiger partial charge in [-0.3, -0.25) is 4.98 Å². The molecule has 0 bridgehead atoms. The molecule has 2 heterocycles. The highest BCUT2D eigenvalue weighted by Crippen LogP contribution is 2.28. The summed E-state index contributed by atoms with van der Waals surface area (Å²) in [5.74, 6) is 0.520. The number of hydrogen-bond donors (Lipinski definition) is 1. The first kappa shape index (κ1) is 19.9. The van der Waals surface area contributed by atoms with E-state index in [1.54, 1.807) is 0 Å². The van der Waals surface area contributed by atoms with E-state index >= 15 is 0 Å². The zero-order valence-corrected chi connectivity index (χ0v) is 17.3. The van der Waals surface area contributed by atoms with Crippen LogP contribution in [0.15, 0.2) is 48.9 Å². The zero-order valence-electron chi connectivity index (χ0n) is 17.3. The molecule has 0 fully saturated rings. The van der Waals surface area contributed by atoms with Crippen LogP contribution in [0, 0.1) is 5.92 Å². The predicted molar refractivity (Wildman–Crippen MR) is 113 cm³/mol. The maximum atomic E-state index is 12.0. The molecular formula is C23H29N3O2. The first-order chi connectivity index (χ1) is 13.2. The molecule has 0 aliphatic rings. The number of fused-ring (bicyclic) bond motifs is 1. The van der Waals surface area contributed by atoms with Gasteiger partial charge in [0.25, 0.3) is 0 Å². The second-order valence-corrected chi connectivity index (χ2v) is 8.52. The summed E-state index contributed by atoms with van der Waals surface area (Å²) in [6.45, 7) is 11.4. The molecule has 0 saturated carbocycles. The molecule has 5 heteroatoms. The summed E-state index contributed by atoms with van der Waals surface area (Å²) in [4.78, 5) is 16.1. The van der Waals surface area contributed by atoms with Gasteiger partial charge in [0.2, 0.25) is 0 Å². The number of hydrogen-bond acceptors (Lipinski definition) is 3. The van der Waals surface area contributed by atoms with Crippen LogP contribution in [0.5, 0.6) is 0 Å². The molecule has 0 spiro atoms. The standard InChI is InChI=1S/C23H29N3O2/c1-16(2)14-26-15-19(13-25-22(27)28-23(3,4)5)20-7-6-18(12-21(20)26)17-8-10-24-11-9-17/h6-12,15-16H,13-14H2,1-5H3,(H,25,27). The molecule has 0 aliphatic carbocycles. The van der Waals surface area contributed by atoms with Crippen LogP contribution < -0.4 is 5.32 Å². The Balaban J connectivity index is 1.92. The Hall–Kier alpha value is -2.82. The van der Waals surface area contributed by atoms with Crippen LogP contribution >= 0.6 is 0 Å². The number of carbonyl (C=O) groups excluding carboxylic acids is 1. The second kappa shape index (κ2) is 8.05. The Bertz CT molecular complexity index is 953. The van der Waals surface area contributed by atoms with Crippen LogP contribution in [0.2, 0.25) is 0 Å². The normalized spacial score (nSPS) is 11.8. The van der Waals surface area contributed by atoms with Gasteiger partial charge in [-0.1, -0.05) is 26.0 Å². The fourth-order valence-electron chi connectivity index (χ4n) is 3.26. The molecule has 3 rings (SSSR count). The van der Waals surface area contributed by atoms with Gasteiger partial charge in [-0.2, -0.15) is 0 Å². The Morgan fingerprint density at radius 1 is 1.14 bits per heavy atom. The maximum absolute atomic E-state index is 12.0. The van der Waals surface area contributed by atoms with Gasteiger partial charge >= 0.3 is 6.09 Å². The topological polar surface area (TPSA) is 56.2 Å². The van der Waals surface area contributed by atoms with Gasteiger partial charge in [-0.25, -0.2) is 4.79 Å². The van der Waals surface area contributed by atoms with E-state index in [1.807, 2.05) is 45.3 Å². The van der Waals surface area contributed by atoms with Crippen molar-refractivity contribution < 1.29 is 9.53 Å². The van der Waals surface area contributed by atoms with Crippen LogP contribution in [0.25, 0.3) is 22.0 Å². The molecule has 0 unspecified atom stereocenters. The number of nitrogens with one attached hydrogen (secondary N) is 1. The summed E-state index contributed by atoms with van der Waals surface area (Å²) in [5.41, 5.74) is 4.05. The Morgan fingerprint density at radius 3 is 2.50 bits per heavy atom. The summed E-state index contributed by atoms with van der Waals surface area (Å²) >= 11 is 0. The van der Waals surface area contributed by atoms with E-state index in [0.717, 1.165) is 28.6 Å². The molecule has 5 nitrogen and oxygen atoms in total. The van der Waals surface area contributed by atoms with Crippen LogP contribution in [0.1, 0.15) is 40.2 Å². The number of benzene rings is 1. The summed E-state index contributed by atoms with van der Waals surface area (Å²) in [6, 6.07) is 10.5. The van der Waals surface area contributed by atoms with Crippen molar-refractivity contribution in [2.75, 3.05) is 0 Å². The van der Waals surface area contributed by atoms with Gasteiger partial charge < -0.3 is 14.6 Å². The minimum Gasteiger partial charge on any atom is -0.444 e. The van der Waals surface area contributed by atoms with Crippen LogP contribution in [0.4, 0.5) is 4.79 Å². The molecule has 28 heavy (non-hydrogen) atoms. The van der Waals surface area contributed by atoms with Crippen LogP contribution in [0.3, 0.4) is 0 Å². The highest BCUT2D eigenvalue weighted by Gasteiger charge is 2.17. The average molecular weight is 380 g/mol. The van der Waals surface area contributed by atoms with Crippen LogP contribution in [-0.4, -0.2) is 21.2 Å². The van der Waals surface area contributed by atoms with E-state index in [1.165, 1.54) is 5.52 Å². The molecule has 148 valence electrons. The van der Waals surface area contributed by atoms with E-state index in [9.17, 15) is 4.79 Å². The quantitative estimate of drug-likeness (QED) is 0.647. The summed E-state index contributed by atoms with van der Waals surface area (Å²) in [6.07, 6.45) is 5.36. The average Bonchev–Trinajstić information content (AvgIpc) is 2.96. The van der Waals surface area contributed by atoms with Gasteiger partial charge in [-0.05, 0) is 61.6 Å². The van der Waals surface area contributed by atoms with Crippen molar-refractivity contribution in [2.24, 2.45) is 5.92 Å². The number of carbonyl (C=O) groups is 1. The van der Waals surface area contributed by atoms with E-state index in [0.29, 0.717) is 12.5 Å². The first-order valence-electron chi connectivity index (χ1n) is 9.72. The lowest BCUT2D eigenvalue weighted by Crippen LogP contribution is -2.32. The Kier molecular flexibility index (Phi) is 5.73. The van der Waals surface area contributed by atoms with E-state index in [-0.39, 0.29) is 0 Å². The summed E-state index contributed by atoms with van der Waals surface area (Å²) < 4.78 is 7.63. The molecule has 3 aromatic rings. The summed E-state index contributed by atoms with van der Waals surface area (Å²) in [7, 11) is 0. The molecule has 0 saturated heterocycles. The predicted octanol–water partition coefficient (Wildman–Crippen LogP) is 5.38. The number of ether oxygens (including phenoxy) is 1. The fraction of sp³-hybridized carbons (Fsp3) is 0.391. The van der Waals surface area contributed by atoms with Gasteiger partial charge in [0.15, 0.2) is 0 Å². The molecule has 1 amide bonds. The maximum Gasteiger partial charge on any atom is 0.407 e. The van der Waals surface area contributed by atoms with E-state index in [4.69, 9.17) is 4.74 Å². The molecule has 1 N–H and O–H groups in total. The third-order valence-electron chi connectivity index (χ3n) is 4.36. The zero-order chi connectivity index (χ0) is 20.3. The molecule has 1 aromatic carbocycles. The van der Waals surface area contributed by atoms with Crippen molar-refractivity contribution >= 4 is 17.0 Å². The number of rotatable bonds is 5. The third-order valence-corrected chi connectivity index (χ3v) is 4.36. The highest BCUT2D eigenvalue weighted by molar-refractivity contribution is 5.88. The lowest BCUT2D eigenvalue weighted by molar-refractivity contribution is 0.0524. The molecular weight excluding hydrogens is 350 g/mol. The lowest BCUT2D eigenvalue weighted by Gasteiger charge is -2.19. The van der Waals surface area contributed by atoms with Crippen LogP contribution in [-0.2, 0) is 17.8 Å². The van der Waals surface area contributed by atoms with Crippen molar-refractivity contribution in [1.82, 2.24) is 14.9 Å². The SMILES string of the molecule is CC(C)Cn1cc(CNC(=O)OC(C)(C)C)c2ccc(-c3ccncc3)cc21. The van der Waals surface area contributed by atoms with Crippen molar-refractivity contribution in [2.45, 2.75) is 53.3 Å². The smallest absolute Gasteiger partial charge is 0.407 e. The second-order valence-electron chi connectivity index (χ2n) is 8.52. The third kappa shape index (κ3) is 4.91. The summed E-state index contributed by atoms with van der Waals surface area (Å²) in [5, 5.41) is 4.03. The molecule has 0 atom stereocenters. The van der Waals surface area contributed by atoms with Crippen molar-refractivity contribution in [3.05, 3.63) is 54.5 Å². The highest BCUT2D eigenvalue weighted by atomic mass is 16.6. The Morgan fingerprint density at radius 2 is 1.86 bits per heavy atom. The van der Waals surface area contributed by atoms with Gasteiger partial charge in [0.05, 0.1) is 0 Å². The number of aromatic nitrogens is 2.